The molecule has 4 nitrogen and oxygen atoms in total. The Labute approximate surface area is 127 Å². The summed E-state index contributed by atoms with van der Waals surface area (Å²) in [6, 6.07) is 5.03. The van der Waals surface area contributed by atoms with E-state index in [-0.39, 0.29) is 11.4 Å². The van der Waals surface area contributed by atoms with E-state index in [1.807, 2.05) is 13.2 Å². The van der Waals surface area contributed by atoms with Gasteiger partial charge >= 0.3 is 0 Å². The fraction of sp³-hybridized carbons (Fsp3) is 0.500. The lowest BCUT2D eigenvalue weighted by molar-refractivity contribution is 0.0908. The number of aliphatic hydroxyl groups is 1. The van der Waals surface area contributed by atoms with Crippen LogP contribution in [0.3, 0.4) is 0 Å². The highest BCUT2D eigenvalue weighted by molar-refractivity contribution is 9.10. The molecule has 0 spiro atoms. The number of benzene rings is 1. The molecule has 0 aliphatic carbocycles. The molecule has 0 aromatic heterocycles. The molecule has 0 bridgehead atoms. The van der Waals surface area contributed by atoms with Gasteiger partial charge in [0.25, 0.3) is 0 Å². The summed E-state index contributed by atoms with van der Waals surface area (Å²) in [7, 11) is -3.63. The average Bonchev–Trinajstić information content (AvgIpc) is 2.26. The molecular weight excluding hydrogens is 350 g/mol. The highest BCUT2D eigenvalue weighted by Crippen LogP contribution is 2.23. The van der Waals surface area contributed by atoms with Gasteiger partial charge in [-0.2, -0.15) is 11.8 Å². The van der Waals surface area contributed by atoms with Crippen molar-refractivity contribution in [2.45, 2.75) is 24.3 Å². The van der Waals surface area contributed by atoms with Crippen LogP contribution < -0.4 is 4.72 Å². The van der Waals surface area contributed by atoms with Crippen LogP contribution in [0.25, 0.3) is 0 Å². The molecule has 0 heterocycles. The van der Waals surface area contributed by atoms with Crippen LogP contribution in [0.2, 0.25) is 0 Å². The largest absolute Gasteiger partial charge is 0.388 e. The summed E-state index contributed by atoms with van der Waals surface area (Å²) in [4.78, 5) is 0.179. The third kappa shape index (κ3) is 5.07. The molecule has 0 amide bonds. The van der Waals surface area contributed by atoms with Gasteiger partial charge in [0, 0.05) is 16.8 Å². The zero-order valence-corrected chi connectivity index (χ0v) is 14.3. The van der Waals surface area contributed by atoms with Crippen molar-refractivity contribution in [2.75, 3.05) is 18.6 Å². The Morgan fingerprint density at radius 3 is 2.63 bits per heavy atom. The van der Waals surface area contributed by atoms with E-state index in [0.717, 1.165) is 5.56 Å². The molecule has 7 heteroatoms. The molecule has 1 unspecified atom stereocenters. The quantitative estimate of drug-likeness (QED) is 0.808. The minimum absolute atomic E-state index is 0.0174. The first-order chi connectivity index (χ1) is 8.68. The third-order valence-electron chi connectivity index (χ3n) is 2.48. The van der Waals surface area contributed by atoms with Gasteiger partial charge in [0.1, 0.15) is 0 Å². The van der Waals surface area contributed by atoms with Crippen LogP contribution in [0.15, 0.2) is 27.6 Å². The molecule has 19 heavy (non-hydrogen) atoms. The van der Waals surface area contributed by atoms with Crippen LogP contribution >= 0.6 is 27.7 Å². The highest BCUT2D eigenvalue weighted by atomic mass is 79.9. The maximum Gasteiger partial charge on any atom is 0.241 e. The molecule has 0 radical (unpaired) electrons. The van der Waals surface area contributed by atoms with Gasteiger partial charge in [-0.25, -0.2) is 13.1 Å². The molecular formula is C12H18BrNO3S2. The van der Waals surface area contributed by atoms with E-state index in [1.54, 1.807) is 25.1 Å². The van der Waals surface area contributed by atoms with Gasteiger partial charge < -0.3 is 5.11 Å². The second-order valence-corrected chi connectivity index (χ2v) is 8.14. The molecule has 0 aliphatic heterocycles. The van der Waals surface area contributed by atoms with Crippen molar-refractivity contribution in [3.8, 4) is 0 Å². The molecule has 1 aromatic rings. The Bertz CT molecular complexity index is 544. The summed E-state index contributed by atoms with van der Waals surface area (Å²) in [5.74, 6) is 0.463. The fourth-order valence-electron chi connectivity index (χ4n) is 1.51. The topological polar surface area (TPSA) is 66.4 Å². The molecule has 1 rings (SSSR count). The number of hydrogen-bond acceptors (Lipinski definition) is 4. The van der Waals surface area contributed by atoms with Crippen LogP contribution in [0.4, 0.5) is 0 Å². The number of aryl methyl sites for hydroxylation is 1. The van der Waals surface area contributed by atoms with Gasteiger partial charge in [-0.05, 0) is 53.7 Å². The van der Waals surface area contributed by atoms with Crippen LogP contribution in [-0.4, -0.2) is 37.7 Å². The minimum atomic E-state index is -3.63. The van der Waals surface area contributed by atoms with Crippen molar-refractivity contribution in [3.63, 3.8) is 0 Å². The van der Waals surface area contributed by atoms with Gasteiger partial charge in [0.15, 0.2) is 0 Å². The Hall–Kier alpha value is -0.0800. The van der Waals surface area contributed by atoms with Gasteiger partial charge in [-0.15, -0.1) is 0 Å². The lowest BCUT2D eigenvalue weighted by Crippen LogP contribution is -2.42. The van der Waals surface area contributed by atoms with E-state index in [1.165, 1.54) is 11.8 Å². The van der Waals surface area contributed by atoms with E-state index >= 15 is 0 Å². The number of hydrogen-bond donors (Lipinski definition) is 2. The van der Waals surface area contributed by atoms with Crippen molar-refractivity contribution in [1.29, 1.82) is 0 Å². The average molecular weight is 368 g/mol. The lowest BCUT2D eigenvalue weighted by atomic mass is 10.1. The summed E-state index contributed by atoms with van der Waals surface area (Å²) >= 11 is 4.71. The Morgan fingerprint density at radius 2 is 2.11 bits per heavy atom. The Morgan fingerprint density at radius 1 is 1.47 bits per heavy atom. The van der Waals surface area contributed by atoms with Gasteiger partial charge in [0.05, 0.1) is 10.5 Å². The SMILES string of the molecule is CSCC(C)(O)CNS(=O)(=O)c1ccc(C)cc1Br. The van der Waals surface area contributed by atoms with E-state index in [4.69, 9.17) is 0 Å². The van der Waals surface area contributed by atoms with Crippen LogP contribution in [0, 0.1) is 6.92 Å². The maximum absolute atomic E-state index is 12.2. The number of rotatable bonds is 6. The maximum atomic E-state index is 12.2. The molecule has 0 saturated carbocycles. The van der Waals surface area contributed by atoms with Crippen LogP contribution in [0.5, 0.6) is 0 Å². The standard InChI is InChI=1S/C12H18BrNO3S2/c1-9-4-5-11(10(13)6-9)19(16,17)14-7-12(2,15)8-18-3/h4-6,14-15H,7-8H2,1-3H3. The van der Waals surface area contributed by atoms with E-state index in [0.29, 0.717) is 10.2 Å². The first kappa shape index (κ1) is 17.0. The molecule has 2 N–H and O–H groups in total. The van der Waals surface area contributed by atoms with Gasteiger partial charge in [0.2, 0.25) is 10.0 Å². The normalized spacial score (nSPS) is 15.2. The van der Waals surface area contributed by atoms with Crippen molar-refractivity contribution in [1.82, 2.24) is 4.72 Å². The summed E-state index contributed by atoms with van der Waals surface area (Å²) in [6.45, 7) is 3.48. The predicted octanol–water partition coefficient (Wildman–Crippen LogP) is 2.15. The second kappa shape index (κ2) is 6.58. The number of halogens is 1. The van der Waals surface area contributed by atoms with Crippen LogP contribution in [-0.2, 0) is 10.0 Å². The van der Waals surface area contributed by atoms with Crippen molar-refractivity contribution in [3.05, 3.63) is 28.2 Å². The molecule has 0 aliphatic rings. The van der Waals surface area contributed by atoms with Crippen molar-refractivity contribution < 1.29 is 13.5 Å². The zero-order valence-electron chi connectivity index (χ0n) is 11.1. The predicted molar refractivity (Wildman–Crippen MR) is 83.1 cm³/mol. The van der Waals surface area contributed by atoms with Crippen LogP contribution in [0.1, 0.15) is 12.5 Å². The summed E-state index contributed by atoms with van der Waals surface area (Å²) in [5.41, 5.74) is -0.0934. The van der Waals surface area contributed by atoms with Crippen molar-refractivity contribution >= 4 is 37.7 Å². The molecule has 0 saturated heterocycles. The van der Waals surface area contributed by atoms with Crippen molar-refractivity contribution in [2.24, 2.45) is 0 Å². The number of sulfonamides is 1. The third-order valence-corrected chi connectivity index (χ3v) is 5.76. The highest BCUT2D eigenvalue weighted by Gasteiger charge is 2.24. The van der Waals surface area contributed by atoms with Gasteiger partial charge in [-0.3, -0.25) is 0 Å². The summed E-state index contributed by atoms with van der Waals surface area (Å²) in [6.07, 6.45) is 1.86. The summed E-state index contributed by atoms with van der Waals surface area (Å²) in [5, 5.41) is 9.98. The lowest BCUT2D eigenvalue weighted by Gasteiger charge is -2.22. The smallest absolute Gasteiger partial charge is 0.241 e. The molecule has 1 atom stereocenters. The first-order valence-corrected chi connectivity index (χ1v) is 9.32. The van der Waals surface area contributed by atoms with E-state index < -0.39 is 15.6 Å². The molecule has 1 aromatic carbocycles. The monoisotopic (exact) mass is 367 g/mol. The Balaban J connectivity index is 2.87. The van der Waals surface area contributed by atoms with E-state index in [2.05, 4.69) is 20.7 Å². The van der Waals surface area contributed by atoms with Gasteiger partial charge in [-0.1, -0.05) is 6.07 Å². The fourth-order valence-corrected chi connectivity index (χ4v) is 4.59. The van der Waals surface area contributed by atoms with E-state index in [9.17, 15) is 13.5 Å². The molecule has 108 valence electrons. The Kier molecular flexibility index (Phi) is 5.88. The second-order valence-electron chi connectivity index (χ2n) is 4.69. The number of thioether (sulfide) groups is 1. The zero-order chi connectivity index (χ0) is 14.7. The minimum Gasteiger partial charge on any atom is -0.388 e. The first-order valence-electron chi connectivity index (χ1n) is 5.65. The summed E-state index contributed by atoms with van der Waals surface area (Å²) < 4.78 is 27.3. The molecule has 0 fully saturated rings. The number of nitrogens with one attached hydrogen (secondary N) is 1.